The van der Waals surface area contributed by atoms with Gasteiger partial charge in [-0.25, -0.2) is 0 Å². The molecule has 2 atom stereocenters. The second-order valence-corrected chi connectivity index (χ2v) is 10.9. The summed E-state index contributed by atoms with van der Waals surface area (Å²) >= 11 is 0. The Bertz CT molecular complexity index is 662. The molecule has 0 amide bonds. The fourth-order valence-electron chi connectivity index (χ4n) is 4.32. The molecule has 0 aromatic heterocycles. The van der Waals surface area contributed by atoms with Crippen LogP contribution >= 0.6 is 7.60 Å². The molecule has 1 aliphatic carbocycles. The zero-order chi connectivity index (χ0) is 22.6. The Morgan fingerprint density at radius 2 is 1.63 bits per heavy atom. The molecule has 0 bridgehead atoms. The summed E-state index contributed by atoms with van der Waals surface area (Å²) in [6, 6.07) is 0. The molecule has 1 aliphatic heterocycles. The molecule has 174 valence electrons. The number of esters is 1. The second kappa shape index (κ2) is 9.78. The van der Waals surface area contributed by atoms with Crippen LogP contribution in [0, 0.1) is 11.3 Å². The number of ketones is 1. The van der Waals surface area contributed by atoms with Gasteiger partial charge in [-0.15, -0.1) is 0 Å². The van der Waals surface area contributed by atoms with Gasteiger partial charge < -0.3 is 23.3 Å². The first kappa shape index (κ1) is 25.5. The molecule has 0 unspecified atom stereocenters. The summed E-state index contributed by atoms with van der Waals surface area (Å²) < 4.78 is 40.2. The Labute approximate surface area is 179 Å². The second-order valence-electron chi connectivity index (χ2n) is 8.84. The highest BCUT2D eigenvalue weighted by Crippen LogP contribution is 2.52. The monoisotopic (exact) mass is 448 g/mol. The first-order chi connectivity index (χ1) is 13.9. The Morgan fingerprint density at radius 1 is 1.07 bits per heavy atom. The summed E-state index contributed by atoms with van der Waals surface area (Å²) in [6.07, 6.45) is 1.68. The molecule has 2 fully saturated rings. The quantitative estimate of drug-likeness (QED) is 0.344. The summed E-state index contributed by atoms with van der Waals surface area (Å²) in [4.78, 5) is 26.3. The topological polar surface area (TPSA) is 97.4 Å². The van der Waals surface area contributed by atoms with E-state index < -0.39 is 36.5 Å². The van der Waals surface area contributed by atoms with Gasteiger partial charge in [-0.3, -0.25) is 14.2 Å². The zero-order valence-electron chi connectivity index (χ0n) is 19.2. The van der Waals surface area contributed by atoms with Gasteiger partial charge >= 0.3 is 13.6 Å². The van der Waals surface area contributed by atoms with Crippen LogP contribution in [0.1, 0.15) is 67.2 Å². The van der Waals surface area contributed by atoms with E-state index in [1.807, 2.05) is 27.7 Å². The van der Waals surface area contributed by atoms with Gasteiger partial charge in [0.25, 0.3) is 0 Å². The zero-order valence-corrected chi connectivity index (χ0v) is 20.0. The van der Waals surface area contributed by atoms with Crippen molar-refractivity contribution in [2.24, 2.45) is 11.3 Å². The van der Waals surface area contributed by atoms with Crippen molar-refractivity contribution in [3.8, 4) is 0 Å². The highest BCUT2D eigenvalue weighted by molar-refractivity contribution is 7.54. The molecule has 9 heteroatoms. The van der Waals surface area contributed by atoms with Crippen LogP contribution in [-0.2, 0) is 37.4 Å². The number of rotatable bonds is 11. The lowest BCUT2D eigenvalue weighted by Crippen LogP contribution is -2.48. The predicted octanol–water partition coefficient (Wildman–Crippen LogP) is 4.10. The molecule has 0 spiro atoms. The van der Waals surface area contributed by atoms with Crippen molar-refractivity contribution < 1.29 is 37.4 Å². The average molecular weight is 448 g/mol. The lowest BCUT2D eigenvalue weighted by Gasteiger charge is -2.35. The van der Waals surface area contributed by atoms with E-state index in [-0.39, 0.29) is 24.9 Å². The largest absolute Gasteiger partial charge is 0.450 e. The van der Waals surface area contributed by atoms with Crippen molar-refractivity contribution in [2.75, 3.05) is 32.6 Å². The van der Waals surface area contributed by atoms with Crippen molar-refractivity contribution in [3.05, 3.63) is 0 Å². The fourth-order valence-corrected chi connectivity index (χ4v) is 5.75. The molecule has 2 rings (SSSR count). The molecular formula is C21H37O8P. The van der Waals surface area contributed by atoms with Gasteiger partial charge in [0.1, 0.15) is 6.16 Å². The lowest BCUT2D eigenvalue weighted by atomic mass is 9.77. The van der Waals surface area contributed by atoms with E-state index in [4.69, 9.17) is 23.3 Å². The van der Waals surface area contributed by atoms with Crippen LogP contribution in [0.3, 0.4) is 0 Å². The fraction of sp³-hybridized carbons (Fsp3) is 0.905. The maximum absolute atomic E-state index is 13.6. The Kier molecular flexibility index (Phi) is 8.30. The third kappa shape index (κ3) is 5.52. The Hall–Kier alpha value is -0.790. The molecule has 8 nitrogen and oxygen atoms in total. The summed E-state index contributed by atoms with van der Waals surface area (Å²) in [6.45, 7) is 12.3. The predicted molar refractivity (Wildman–Crippen MR) is 111 cm³/mol. The lowest BCUT2D eigenvalue weighted by molar-refractivity contribution is -0.172. The number of carbonyl (C=O) groups excluding carboxylic acids is 2. The van der Waals surface area contributed by atoms with Gasteiger partial charge in [-0.05, 0) is 40.0 Å². The van der Waals surface area contributed by atoms with Crippen LogP contribution in [0.2, 0.25) is 0 Å². The summed E-state index contributed by atoms with van der Waals surface area (Å²) in [5.41, 5.74) is -1.89. The van der Waals surface area contributed by atoms with Gasteiger partial charge in [0.05, 0.1) is 26.4 Å². The molecule has 30 heavy (non-hydrogen) atoms. The maximum Gasteiger partial charge on any atom is 0.341 e. The minimum absolute atomic E-state index is 0.0948. The van der Waals surface area contributed by atoms with Crippen LogP contribution in [0.25, 0.3) is 0 Å². The first-order valence-electron chi connectivity index (χ1n) is 10.9. The minimum Gasteiger partial charge on any atom is -0.450 e. The van der Waals surface area contributed by atoms with Crippen molar-refractivity contribution in [2.45, 2.75) is 78.6 Å². The molecule has 0 radical (unpaired) electrons. The summed E-state index contributed by atoms with van der Waals surface area (Å²) in [7, 11) is -3.60. The minimum atomic E-state index is -3.60. The van der Waals surface area contributed by atoms with E-state index >= 15 is 0 Å². The van der Waals surface area contributed by atoms with Crippen LogP contribution in [0.4, 0.5) is 0 Å². The van der Waals surface area contributed by atoms with Gasteiger partial charge in [-0.1, -0.05) is 20.8 Å². The molecule has 0 aromatic rings. The number of Topliss-reactive ketones (excluding diaryl/α,β-unsaturated/α-hetero) is 1. The molecule has 0 aromatic carbocycles. The van der Waals surface area contributed by atoms with E-state index in [0.29, 0.717) is 38.9 Å². The highest BCUT2D eigenvalue weighted by Gasteiger charge is 2.58. The van der Waals surface area contributed by atoms with Crippen molar-refractivity contribution in [3.63, 3.8) is 0 Å². The number of hydrogen-bond acceptors (Lipinski definition) is 8. The van der Waals surface area contributed by atoms with Crippen LogP contribution < -0.4 is 0 Å². The molecule has 2 aliphatic rings. The van der Waals surface area contributed by atoms with Crippen molar-refractivity contribution in [1.82, 2.24) is 0 Å². The molecule has 1 saturated heterocycles. The SMILES string of the molecule is CCOP(=O)(CC(=O)O[C@@]1(C(C)C)CC[C@](C)(CCC2(C)OCCO2)C1=O)OCC. The van der Waals surface area contributed by atoms with E-state index in [0.717, 1.165) is 0 Å². The van der Waals surface area contributed by atoms with Crippen LogP contribution in [0.15, 0.2) is 0 Å². The number of hydrogen-bond donors (Lipinski definition) is 0. The van der Waals surface area contributed by atoms with Gasteiger partial charge in [0, 0.05) is 17.8 Å². The van der Waals surface area contributed by atoms with Crippen molar-refractivity contribution in [1.29, 1.82) is 0 Å². The van der Waals surface area contributed by atoms with E-state index in [9.17, 15) is 14.2 Å². The van der Waals surface area contributed by atoms with Gasteiger partial charge in [-0.2, -0.15) is 0 Å². The average Bonchev–Trinajstić information content (AvgIpc) is 3.19. The van der Waals surface area contributed by atoms with E-state index in [2.05, 4.69) is 0 Å². The van der Waals surface area contributed by atoms with E-state index in [1.54, 1.807) is 13.8 Å². The summed E-state index contributed by atoms with van der Waals surface area (Å²) in [5, 5.41) is 0. The number of ether oxygens (including phenoxy) is 3. The molecular weight excluding hydrogens is 411 g/mol. The number of carbonyl (C=O) groups is 2. The highest BCUT2D eigenvalue weighted by atomic mass is 31.2. The van der Waals surface area contributed by atoms with Gasteiger partial charge in [0.15, 0.2) is 17.2 Å². The molecule has 1 heterocycles. The first-order valence-corrected chi connectivity index (χ1v) is 12.6. The Balaban J connectivity index is 2.12. The van der Waals surface area contributed by atoms with Crippen LogP contribution in [-0.4, -0.2) is 55.7 Å². The molecule has 0 N–H and O–H groups in total. The maximum atomic E-state index is 13.6. The smallest absolute Gasteiger partial charge is 0.341 e. The standard InChI is InChI=1S/C21H37O8P/c1-7-27-30(24,28-8-2)15-17(22)29-21(16(3)4)12-10-19(5,18(21)23)9-11-20(6)25-13-14-26-20/h16H,7-15H2,1-6H3/t19-,21+/m0/s1. The summed E-state index contributed by atoms with van der Waals surface area (Å²) in [5.74, 6) is -1.72. The third-order valence-electron chi connectivity index (χ3n) is 6.21. The normalized spacial score (nSPS) is 29.0. The van der Waals surface area contributed by atoms with E-state index in [1.165, 1.54) is 0 Å². The van der Waals surface area contributed by atoms with Crippen molar-refractivity contribution >= 4 is 19.3 Å². The molecule has 1 saturated carbocycles. The third-order valence-corrected chi connectivity index (χ3v) is 8.16. The van der Waals surface area contributed by atoms with Crippen LogP contribution in [0.5, 0.6) is 0 Å². The van der Waals surface area contributed by atoms with Gasteiger partial charge in [0.2, 0.25) is 0 Å². The Morgan fingerprint density at radius 3 is 2.13 bits per heavy atom.